The van der Waals surface area contributed by atoms with Crippen molar-refractivity contribution in [3.8, 4) is 0 Å². The number of hydrogen-bond donors (Lipinski definition) is 1. The highest BCUT2D eigenvalue weighted by molar-refractivity contribution is 6.35. The number of ether oxygens (including phenoxy) is 1. The molecule has 0 aliphatic carbocycles. The lowest BCUT2D eigenvalue weighted by Crippen LogP contribution is -2.19. The van der Waals surface area contributed by atoms with E-state index in [-0.39, 0.29) is 30.0 Å². The van der Waals surface area contributed by atoms with Crippen molar-refractivity contribution in [3.63, 3.8) is 0 Å². The highest BCUT2D eigenvalue weighted by atomic mass is 16.6. The average Bonchev–Trinajstić information content (AvgIpc) is 2.26. The number of hydrogen-bond acceptors (Lipinski definition) is 5. The van der Waals surface area contributed by atoms with E-state index < -0.39 is 10.9 Å². The number of para-hydroxylation sites is 1. The molecule has 0 aliphatic rings. The van der Waals surface area contributed by atoms with E-state index in [2.05, 4.69) is 5.32 Å². The first kappa shape index (κ1) is 13.0. The SMILES string of the molecule is [B]c1cccc(NCC(=O)OCC)c1[N+](=O)[O-]. The van der Waals surface area contributed by atoms with Crippen molar-refractivity contribution in [1.29, 1.82) is 0 Å². The molecule has 17 heavy (non-hydrogen) atoms. The Balaban J connectivity index is 2.81. The van der Waals surface area contributed by atoms with Crippen LogP contribution in [0, 0.1) is 10.1 Å². The molecular formula is C10H11BN2O4. The van der Waals surface area contributed by atoms with Gasteiger partial charge in [0.25, 0.3) is 5.69 Å². The van der Waals surface area contributed by atoms with Gasteiger partial charge in [-0.05, 0) is 18.5 Å². The Labute approximate surface area is 99.5 Å². The van der Waals surface area contributed by atoms with Crippen LogP contribution in [-0.4, -0.2) is 31.9 Å². The highest BCUT2D eigenvalue weighted by Crippen LogP contribution is 2.20. The summed E-state index contributed by atoms with van der Waals surface area (Å²) in [5, 5.41) is 13.4. The fourth-order valence-electron chi connectivity index (χ4n) is 1.29. The van der Waals surface area contributed by atoms with Crippen LogP contribution < -0.4 is 10.8 Å². The van der Waals surface area contributed by atoms with E-state index in [1.165, 1.54) is 12.1 Å². The van der Waals surface area contributed by atoms with Gasteiger partial charge in [-0.25, -0.2) is 0 Å². The zero-order chi connectivity index (χ0) is 12.8. The summed E-state index contributed by atoms with van der Waals surface area (Å²) in [5.41, 5.74) is 0.00344. The van der Waals surface area contributed by atoms with Crippen LogP contribution in [0.25, 0.3) is 0 Å². The van der Waals surface area contributed by atoms with Crippen LogP contribution in [0.2, 0.25) is 0 Å². The first-order valence-electron chi connectivity index (χ1n) is 4.98. The number of nitrogens with zero attached hydrogens (tertiary/aromatic N) is 1. The molecule has 0 saturated heterocycles. The van der Waals surface area contributed by atoms with Crippen LogP contribution in [0.5, 0.6) is 0 Å². The van der Waals surface area contributed by atoms with Gasteiger partial charge in [0.1, 0.15) is 20.1 Å². The van der Waals surface area contributed by atoms with E-state index in [1.54, 1.807) is 13.0 Å². The predicted octanol–water partition coefficient (Wildman–Crippen LogP) is 0.364. The third-order valence-electron chi connectivity index (χ3n) is 1.98. The monoisotopic (exact) mass is 234 g/mol. The number of anilines is 1. The number of carbonyl (C=O) groups is 1. The topological polar surface area (TPSA) is 81.5 Å². The fourth-order valence-corrected chi connectivity index (χ4v) is 1.29. The van der Waals surface area contributed by atoms with Crippen LogP contribution in [0.15, 0.2) is 18.2 Å². The van der Waals surface area contributed by atoms with Crippen molar-refractivity contribution in [2.24, 2.45) is 0 Å². The molecule has 7 heteroatoms. The molecule has 0 atom stereocenters. The Kier molecular flexibility index (Phi) is 4.51. The molecular weight excluding hydrogens is 223 g/mol. The highest BCUT2D eigenvalue weighted by Gasteiger charge is 2.16. The van der Waals surface area contributed by atoms with Crippen LogP contribution in [0.4, 0.5) is 11.4 Å². The van der Waals surface area contributed by atoms with Gasteiger partial charge in [0, 0.05) is 0 Å². The summed E-state index contributed by atoms with van der Waals surface area (Å²) in [4.78, 5) is 21.3. The molecule has 2 radical (unpaired) electrons. The summed E-state index contributed by atoms with van der Waals surface area (Å²) in [5.74, 6) is -0.482. The Bertz CT molecular complexity index is 436. The summed E-state index contributed by atoms with van der Waals surface area (Å²) in [6, 6.07) is 4.47. The second kappa shape index (κ2) is 5.88. The van der Waals surface area contributed by atoms with Gasteiger partial charge in [-0.1, -0.05) is 12.1 Å². The summed E-state index contributed by atoms with van der Waals surface area (Å²) in [7, 11) is 5.49. The Morgan fingerprint density at radius 2 is 2.29 bits per heavy atom. The smallest absolute Gasteiger partial charge is 0.325 e. The van der Waals surface area contributed by atoms with Crippen molar-refractivity contribution < 1.29 is 14.5 Å². The maximum Gasteiger partial charge on any atom is 0.325 e. The lowest BCUT2D eigenvalue weighted by atomic mass is 9.93. The largest absolute Gasteiger partial charge is 0.465 e. The van der Waals surface area contributed by atoms with Crippen LogP contribution in [-0.2, 0) is 9.53 Å². The van der Waals surface area contributed by atoms with Gasteiger partial charge < -0.3 is 10.1 Å². The molecule has 0 saturated carbocycles. The Hall–Kier alpha value is -2.05. The number of rotatable bonds is 5. The molecule has 0 bridgehead atoms. The minimum atomic E-state index is -0.594. The van der Waals surface area contributed by atoms with E-state index in [1.807, 2.05) is 0 Å². The van der Waals surface area contributed by atoms with Gasteiger partial charge in [-0.3, -0.25) is 14.9 Å². The molecule has 6 nitrogen and oxygen atoms in total. The normalized spacial score (nSPS) is 9.71. The van der Waals surface area contributed by atoms with E-state index >= 15 is 0 Å². The summed E-state index contributed by atoms with van der Waals surface area (Å²) < 4.78 is 4.69. The van der Waals surface area contributed by atoms with Gasteiger partial charge in [0.05, 0.1) is 11.5 Å². The van der Waals surface area contributed by atoms with Gasteiger partial charge in [-0.2, -0.15) is 0 Å². The Morgan fingerprint density at radius 1 is 1.59 bits per heavy atom. The molecule has 0 unspecified atom stereocenters. The number of nitro groups is 1. The molecule has 1 N–H and O–H groups in total. The van der Waals surface area contributed by atoms with Crippen molar-refractivity contribution in [3.05, 3.63) is 28.3 Å². The van der Waals surface area contributed by atoms with Crippen LogP contribution in [0.1, 0.15) is 6.92 Å². The van der Waals surface area contributed by atoms with Crippen LogP contribution >= 0.6 is 0 Å². The third kappa shape index (κ3) is 3.48. The molecule has 0 aliphatic heterocycles. The quantitative estimate of drug-likeness (QED) is 0.344. The third-order valence-corrected chi connectivity index (χ3v) is 1.98. The minimum Gasteiger partial charge on any atom is -0.465 e. The van der Waals surface area contributed by atoms with Crippen molar-refractivity contribution >= 4 is 30.7 Å². The van der Waals surface area contributed by atoms with Gasteiger partial charge >= 0.3 is 5.97 Å². The van der Waals surface area contributed by atoms with Crippen molar-refractivity contribution in [1.82, 2.24) is 0 Å². The summed E-state index contributed by atoms with van der Waals surface area (Å²) in [6.45, 7) is 1.80. The van der Waals surface area contributed by atoms with E-state index in [0.717, 1.165) is 0 Å². The zero-order valence-electron chi connectivity index (χ0n) is 9.30. The molecule has 0 fully saturated rings. The molecule has 1 aromatic rings. The molecule has 88 valence electrons. The van der Waals surface area contributed by atoms with E-state index in [9.17, 15) is 14.9 Å². The second-order valence-electron chi connectivity index (χ2n) is 3.16. The lowest BCUT2D eigenvalue weighted by Gasteiger charge is -2.08. The summed E-state index contributed by atoms with van der Waals surface area (Å²) in [6.07, 6.45) is 0. The standard InChI is InChI=1S/C10H11BN2O4/c1-2-17-9(14)6-12-8-5-3-4-7(11)10(8)13(15)16/h3-5,12H,2,6H2,1H3. The van der Waals surface area contributed by atoms with Gasteiger partial charge in [0.15, 0.2) is 0 Å². The van der Waals surface area contributed by atoms with Crippen molar-refractivity contribution in [2.45, 2.75) is 6.92 Å². The molecule has 0 amide bonds. The lowest BCUT2D eigenvalue weighted by molar-refractivity contribution is -0.382. The number of esters is 1. The molecule has 0 heterocycles. The number of nitrogens with one attached hydrogen (secondary N) is 1. The first-order chi connectivity index (χ1) is 8.06. The maximum atomic E-state index is 11.1. The number of carbonyl (C=O) groups excluding carboxylic acids is 1. The maximum absolute atomic E-state index is 11.1. The minimum absolute atomic E-state index is 0.0452. The number of benzene rings is 1. The van der Waals surface area contributed by atoms with Gasteiger partial charge in [0.2, 0.25) is 0 Å². The fraction of sp³-hybridized carbons (Fsp3) is 0.300. The first-order valence-corrected chi connectivity index (χ1v) is 4.98. The van der Waals surface area contributed by atoms with Crippen LogP contribution in [0.3, 0.4) is 0 Å². The Morgan fingerprint density at radius 3 is 2.88 bits per heavy atom. The van der Waals surface area contributed by atoms with Gasteiger partial charge in [-0.15, -0.1) is 0 Å². The van der Waals surface area contributed by atoms with Crippen molar-refractivity contribution in [2.75, 3.05) is 18.5 Å². The van der Waals surface area contributed by atoms with E-state index in [0.29, 0.717) is 0 Å². The molecule has 0 aromatic heterocycles. The molecule has 0 spiro atoms. The molecule has 1 rings (SSSR count). The molecule has 1 aromatic carbocycles. The zero-order valence-corrected chi connectivity index (χ0v) is 9.30. The second-order valence-corrected chi connectivity index (χ2v) is 3.16. The predicted molar refractivity (Wildman–Crippen MR) is 63.6 cm³/mol. The van der Waals surface area contributed by atoms with E-state index in [4.69, 9.17) is 12.6 Å². The average molecular weight is 234 g/mol. The summed E-state index contributed by atoms with van der Waals surface area (Å²) >= 11 is 0. The number of nitro benzene ring substituents is 1.